The molecule has 0 fully saturated rings. The van der Waals surface area contributed by atoms with E-state index in [4.69, 9.17) is 4.98 Å². The molecule has 5 rings (SSSR count). The molecule has 0 bridgehead atoms. The summed E-state index contributed by atoms with van der Waals surface area (Å²) >= 11 is 0. The van der Waals surface area contributed by atoms with E-state index in [2.05, 4.69) is 95.3 Å². The summed E-state index contributed by atoms with van der Waals surface area (Å²) in [4.78, 5) is 9.14. The third-order valence-corrected chi connectivity index (χ3v) is 6.25. The first-order valence-electron chi connectivity index (χ1n) is 12.1. The van der Waals surface area contributed by atoms with E-state index in [1.807, 2.05) is 31.3 Å². The summed E-state index contributed by atoms with van der Waals surface area (Å²) in [6, 6.07) is 31.7. The normalized spacial score (nSPS) is 10.9. The van der Waals surface area contributed by atoms with E-state index >= 15 is 0 Å². The predicted molar refractivity (Wildman–Crippen MR) is 146 cm³/mol. The largest absolute Gasteiger partial charge is 0.379 e. The van der Waals surface area contributed by atoms with Crippen molar-refractivity contribution < 1.29 is 0 Å². The van der Waals surface area contributed by atoms with Gasteiger partial charge in [0.1, 0.15) is 0 Å². The highest BCUT2D eigenvalue weighted by molar-refractivity contribution is 5.94. The topological polar surface area (TPSA) is 49.8 Å². The zero-order chi connectivity index (χ0) is 24.0. The van der Waals surface area contributed by atoms with Crippen LogP contribution in [0.15, 0.2) is 97.2 Å². The Hall–Kier alpha value is -4.18. The van der Waals surface area contributed by atoms with Gasteiger partial charge in [0.15, 0.2) is 0 Å². The molecule has 174 valence electrons. The minimum Gasteiger partial charge on any atom is -0.379 e. The summed E-state index contributed by atoms with van der Waals surface area (Å²) in [6.07, 6.45) is 3.72. The Morgan fingerprint density at radius 1 is 0.686 bits per heavy atom. The summed E-state index contributed by atoms with van der Waals surface area (Å²) in [7, 11) is 0. The lowest BCUT2D eigenvalue weighted by atomic mass is 10.0. The number of hydrogen-bond donors (Lipinski definition) is 2. The minimum absolute atomic E-state index is 0.712. The molecule has 0 saturated heterocycles. The first kappa shape index (κ1) is 22.6. The third kappa shape index (κ3) is 5.49. The van der Waals surface area contributed by atoms with Crippen molar-refractivity contribution in [2.75, 3.05) is 10.6 Å². The zero-order valence-corrected chi connectivity index (χ0v) is 20.3. The maximum atomic E-state index is 4.72. The molecule has 35 heavy (non-hydrogen) atoms. The lowest BCUT2D eigenvalue weighted by molar-refractivity contribution is 0.953. The van der Waals surface area contributed by atoms with Crippen molar-refractivity contribution >= 4 is 28.0 Å². The number of rotatable bonds is 8. The number of aromatic nitrogens is 2. The first-order chi connectivity index (χ1) is 17.2. The molecule has 0 unspecified atom stereocenters. The molecular weight excluding hydrogens is 428 g/mol. The molecule has 4 heteroatoms. The van der Waals surface area contributed by atoms with Gasteiger partial charge >= 0.3 is 0 Å². The van der Waals surface area contributed by atoms with E-state index < -0.39 is 0 Å². The van der Waals surface area contributed by atoms with Gasteiger partial charge < -0.3 is 10.6 Å². The van der Waals surface area contributed by atoms with Crippen molar-refractivity contribution in [3.05, 3.63) is 125 Å². The van der Waals surface area contributed by atoms with E-state index in [-0.39, 0.29) is 0 Å². The Bertz CT molecular complexity index is 1440. The maximum Gasteiger partial charge on any atom is 0.0726 e. The Morgan fingerprint density at radius 2 is 1.40 bits per heavy atom. The summed E-state index contributed by atoms with van der Waals surface area (Å²) < 4.78 is 0. The fourth-order valence-corrected chi connectivity index (χ4v) is 4.45. The molecular formula is C31H30N4. The lowest BCUT2D eigenvalue weighted by Gasteiger charge is -2.16. The molecule has 0 aliphatic carbocycles. The van der Waals surface area contributed by atoms with Crippen molar-refractivity contribution in [3.63, 3.8) is 0 Å². The van der Waals surface area contributed by atoms with Gasteiger partial charge in [-0.2, -0.15) is 0 Å². The van der Waals surface area contributed by atoms with Crippen LogP contribution in [0, 0.1) is 13.8 Å². The van der Waals surface area contributed by atoms with Crippen LogP contribution >= 0.6 is 0 Å². The average Bonchev–Trinajstić information content (AvgIpc) is 2.88. The van der Waals surface area contributed by atoms with Gasteiger partial charge in [-0.3, -0.25) is 9.97 Å². The Morgan fingerprint density at radius 3 is 2.17 bits per heavy atom. The molecule has 5 aromatic rings. The number of hydrogen-bond acceptors (Lipinski definition) is 4. The van der Waals surface area contributed by atoms with Crippen LogP contribution in [-0.4, -0.2) is 9.97 Å². The molecule has 0 atom stereocenters. The number of nitrogens with zero attached hydrogens (tertiary/aromatic N) is 2. The van der Waals surface area contributed by atoms with Crippen LogP contribution in [0.25, 0.3) is 10.9 Å². The highest BCUT2D eigenvalue weighted by Crippen LogP contribution is 2.30. The maximum absolute atomic E-state index is 4.72. The first-order valence-corrected chi connectivity index (χ1v) is 12.1. The SMILES string of the molecule is Cc1ccc2nc(C)cc(Nc3ccccc3CCc3ccccc3NCc3ccccn3)c2c1. The minimum atomic E-state index is 0.712. The number of anilines is 3. The molecule has 4 nitrogen and oxygen atoms in total. The van der Waals surface area contributed by atoms with Gasteiger partial charge in [-0.25, -0.2) is 0 Å². The van der Waals surface area contributed by atoms with E-state index in [1.54, 1.807) is 0 Å². The second-order valence-electron chi connectivity index (χ2n) is 8.95. The summed E-state index contributed by atoms with van der Waals surface area (Å²) in [5.74, 6) is 0. The van der Waals surface area contributed by atoms with Gasteiger partial charge in [-0.15, -0.1) is 0 Å². The van der Waals surface area contributed by atoms with Crippen molar-refractivity contribution in [2.45, 2.75) is 33.2 Å². The Kier molecular flexibility index (Phi) is 6.71. The number of pyridine rings is 2. The van der Waals surface area contributed by atoms with E-state index in [9.17, 15) is 0 Å². The van der Waals surface area contributed by atoms with Crippen LogP contribution < -0.4 is 10.6 Å². The molecule has 0 aliphatic heterocycles. The Balaban J connectivity index is 1.35. The van der Waals surface area contributed by atoms with Crippen LogP contribution in [0.2, 0.25) is 0 Å². The summed E-state index contributed by atoms with van der Waals surface area (Å²) in [5.41, 5.74) is 10.3. The zero-order valence-electron chi connectivity index (χ0n) is 20.3. The van der Waals surface area contributed by atoms with Crippen molar-refractivity contribution in [1.82, 2.24) is 9.97 Å². The molecule has 2 heterocycles. The quantitative estimate of drug-likeness (QED) is 0.255. The number of benzene rings is 3. The van der Waals surface area contributed by atoms with Crippen molar-refractivity contribution in [1.29, 1.82) is 0 Å². The molecule has 0 saturated carbocycles. The number of nitrogens with one attached hydrogen (secondary N) is 2. The fraction of sp³-hybridized carbons (Fsp3) is 0.161. The lowest BCUT2D eigenvalue weighted by Crippen LogP contribution is -2.05. The van der Waals surface area contributed by atoms with Gasteiger partial charge in [-0.05, 0) is 80.3 Å². The highest BCUT2D eigenvalue weighted by atomic mass is 14.9. The van der Waals surface area contributed by atoms with Crippen LogP contribution in [0.5, 0.6) is 0 Å². The van der Waals surface area contributed by atoms with Crippen LogP contribution in [0.1, 0.15) is 28.1 Å². The predicted octanol–water partition coefficient (Wildman–Crippen LogP) is 7.39. The molecule has 2 N–H and O–H groups in total. The molecule has 0 radical (unpaired) electrons. The van der Waals surface area contributed by atoms with E-state index in [0.717, 1.165) is 52.2 Å². The molecule has 3 aromatic carbocycles. The van der Waals surface area contributed by atoms with Gasteiger partial charge in [-0.1, -0.05) is 54.1 Å². The van der Waals surface area contributed by atoms with Crippen LogP contribution in [0.4, 0.5) is 17.1 Å². The van der Waals surface area contributed by atoms with E-state index in [1.165, 1.54) is 16.7 Å². The summed E-state index contributed by atoms with van der Waals surface area (Å²) in [5, 5.41) is 8.43. The Labute approximate surface area is 207 Å². The number of para-hydroxylation sites is 2. The highest BCUT2D eigenvalue weighted by Gasteiger charge is 2.09. The third-order valence-electron chi connectivity index (χ3n) is 6.25. The van der Waals surface area contributed by atoms with E-state index in [0.29, 0.717) is 6.54 Å². The van der Waals surface area contributed by atoms with Gasteiger partial charge in [0.25, 0.3) is 0 Å². The fourth-order valence-electron chi connectivity index (χ4n) is 4.45. The average molecular weight is 459 g/mol. The molecule has 0 amide bonds. The molecule has 0 spiro atoms. The number of fused-ring (bicyclic) bond motifs is 1. The van der Waals surface area contributed by atoms with Gasteiger partial charge in [0, 0.05) is 34.3 Å². The van der Waals surface area contributed by atoms with Crippen molar-refractivity contribution in [3.8, 4) is 0 Å². The van der Waals surface area contributed by atoms with Gasteiger partial charge in [0.2, 0.25) is 0 Å². The van der Waals surface area contributed by atoms with Crippen LogP contribution in [0.3, 0.4) is 0 Å². The smallest absolute Gasteiger partial charge is 0.0726 e. The van der Waals surface area contributed by atoms with Crippen molar-refractivity contribution in [2.24, 2.45) is 0 Å². The standard InChI is InChI=1S/C31H30N4/c1-22-14-17-30-27(19-22)31(20-23(2)34-30)35-29-13-6-4-10-25(29)16-15-24-9-3-5-12-28(24)33-21-26-11-7-8-18-32-26/h3-14,17-20,33H,15-16,21H2,1-2H3,(H,34,35). The molecule has 2 aromatic heterocycles. The molecule has 0 aliphatic rings. The second-order valence-corrected chi connectivity index (χ2v) is 8.95. The van der Waals surface area contributed by atoms with Crippen LogP contribution in [-0.2, 0) is 19.4 Å². The second kappa shape index (κ2) is 10.4. The summed E-state index contributed by atoms with van der Waals surface area (Å²) in [6.45, 7) is 4.88. The van der Waals surface area contributed by atoms with Gasteiger partial charge in [0.05, 0.1) is 17.8 Å². The number of aryl methyl sites for hydroxylation is 4. The monoisotopic (exact) mass is 458 g/mol.